The highest BCUT2D eigenvalue weighted by atomic mass is 32.1. The lowest BCUT2D eigenvalue weighted by molar-refractivity contribution is -0.153. The lowest BCUT2D eigenvalue weighted by atomic mass is 9.76. The summed E-state index contributed by atoms with van der Waals surface area (Å²) in [5.74, 6) is -0.658. The first-order valence-corrected chi connectivity index (χ1v) is 13.2. The third-order valence-electron chi connectivity index (χ3n) is 7.29. The van der Waals surface area contributed by atoms with E-state index >= 15 is 0 Å². The lowest BCUT2D eigenvalue weighted by Gasteiger charge is -2.39. The Labute approximate surface area is 207 Å². The molecule has 7 heteroatoms. The first-order valence-electron chi connectivity index (χ1n) is 12.3. The fraction of sp³-hybridized carbons (Fsp3) is 0.667. The highest BCUT2D eigenvalue weighted by Gasteiger charge is 2.37. The van der Waals surface area contributed by atoms with E-state index in [1.807, 2.05) is 32.2 Å². The zero-order chi connectivity index (χ0) is 25.0. The smallest absolute Gasteiger partial charge is 0.331 e. The predicted octanol–water partition coefficient (Wildman–Crippen LogP) is 5.14. The minimum Gasteiger partial charge on any atom is -0.455 e. The Balaban J connectivity index is 1.85. The Bertz CT molecular complexity index is 933. The van der Waals surface area contributed by atoms with Gasteiger partial charge in [-0.3, -0.25) is 4.79 Å². The predicted molar refractivity (Wildman–Crippen MR) is 134 cm³/mol. The molecular formula is C27H39NO5S. The molecule has 0 spiro atoms. The molecule has 1 aromatic rings. The summed E-state index contributed by atoms with van der Waals surface area (Å²) in [6, 6.07) is 0. The summed E-state index contributed by atoms with van der Waals surface area (Å²) in [6.45, 7) is 12.0. The van der Waals surface area contributed by atoms with Crippen LogP contribution in [0.3, 0.4) is 0 Å². The number of ether oxygens (including phenoxy) is 2. The number of carbonyl (C=O) groups is 2. The third-order valence-corrected chi connectivity index (χ3v) is 8.08. The molecule has 6 nitrogen and oxygen atoms in total. The number of aromatic nitrogens is 1. The van der Waals surface area contributed by atoms with Crippen molar-refractivity contribution < 1.29 is 24.2 Å². The molecule has 3 heterocycles. The van der Waals surface area contributed by atoms with Gasteiger partial charge in [0, 0.05) is 35.1 Å². The van der Waals surface area contributed by atoms with Crippen LogP contribution >= 0.6 is 11.3 Å². The molecule has 2 aliphatic rings. The number of fused-ring (bicyclic) bond motifs is 1. The molecule has 0 saturated carbocycles. The number of hydrogen-bond acceptors (Lipinski definition) is 7. The highest BCUT2D eigenvalue weighted by Crippen LogP contribution is 2.34. The molecule has 1 saturated heterocycles. The summed E-state index contributed by atoms with van der Waals surface area (Å²) in [5.41, 5.74) is 0.887. The normalized spacial score (nSPS) is 34.6. The number of Topliss-reactive ketones (excluding diaryl/α,β-unsaturated/α-hetero) is 1. The van der Waals surface area contributed by atoms with E-state index in [0.717, 1.165) is 35.5 Å². The topological polar surface area (TPSA) is 85.7 Å². The van der Waals surface area contributed by atoms with Gasteiger partial charge in [-0.2, -0.15) is 0 Å². The number of esters is 1. The van der Waals surface area contributed by atoms with Crippen molar-refractivity contribution in [1.82, 2.24) is 4.98 Å². The van der Waals surface area contributed by atoms with Gasteiger partial charge in [0.1, 0.15) is 11.9 Å². The number of aliphatic hydroxyl groups excluding tert-OH is 1. The van der Waals surface area contributed by atoms with Crippen LogP contribution in [0.5, 0.6) is 0 Å². The van der Waals surface area contributed by atoms with Crippen LogP contribution in [0.2, 0.25) is 0 Å². The minimum absolute atomic E-state index is 0.0236. The van der Waals surface area contributed by atoms with Gasteiger partial charge in [-0.1, -0.05) is 26.3 Å². The van der Waals surface area contributed by atoms with Crippen LogP contribution < -0.4 is 0 Å². The standard InChI is InChI=1S/C27H39NO5S/c1-16-8-7-9-20-14-32-23(20)13-22(17(2)12-21-15-34-19(4)28-21)33-24(29)10-11-27(5,6)26(31)18(3)25(16)30/h10-12,15-16,18,20,22-23,25,30H,7-9,13-14H2,1-6H3/b11-10+,17-12?/t16-,18+,20+,22-,23-,25-/m0/s1. The Morgan fingerprint density at radius 3 is 2.62 bits per heavy atom. The second-order valence-corrected chi connectivity index (χ2v) is 11.6. The van der Waals surface area contributed by atoms with Crippen LogP contribution in [-0.2, 0) is 19.1 Å². The summed E-state index contributed by atoms with van der Waals surface area (Å²) in [4.78, 5) is 30.4. The van der Waals surface area contributed by atoms with Crippen molar-refractivity contribution in [2.45, 2.75) is 85.5 Å². The van der Waals surface area contributed by atoms with Gasteiger partial charge in [-0.15, -0.1) is 11.3 Å². The number of carbonyl (C=O) groups excluding carboxylic acids is 2. The van der Waals surface area contributed by atoms with Crippen molar-refractivity contribution in [3.8, 4) is 0 Å². The van der Waals surface area contributed by atoms with Crippen molar-refractivity contribution >= 4 is 29.2 Å². The minimum atomic E-state index is -0.892. The first kappa shape index (κ1) is 26.8. The second-order valence-electron chi connectivity index (χ2n) is 10.6. The van der Waals surface area contributed by atoms with Gasteiger partial charge in [-0.25, -0.2) is 9.78 Å². The van der Waals surface area contributed by atoms with Crippen molar-refractivity contribution in [3.05, 3.63) is 33.8 Å². The molecule has 0 aliphatic carbocycles. The quantitative estimate of drug-likeness (QED) is 0.579. The molecule has 34 heavy (non-hydrogen) atoms. The van der Waals surface area contributed by atoms with Gasteiger partial charge in [0.05, 0.1) is 29.5 Å². The van der Waals surface area contributed by atoms with E-state index in [2.05, 4.69) is 4.98 Å². The highest BCUT2D eigenvalue weighted by molar-refractivity contribution is 7.09. The molecule has 0 bridgehead atoms. The van der Waals surface area contributed by atoms with Gasteiger partial charge in [0.15, 0.2) is 0 Å². The van der Waals surface area contributed by atoms with Crippen LogP contribution in [0.1, 0.15) is 71.0 Å². The van der Waals surface area contributed by atoms with Gasteiger partial charge in [0.25, 0.3) is 0 Å². The van der Waals surface area contributed by atoms with Crippen molar-refractivity contribution in [3.63, 3.8) is 0 Å². The van der Waals surface area contributed by atoms with Crippen LogP contribution in [-0.4, -0.2) is 46.8 Å². The molecule has 1 N–H and O–H groups in total. The number of nitrogens with zero attached hydrogens (tertiary/aromatic N) is 1. The fourth-order valence-corrected chi connectivity index (χ4v) is 5.42. The lowest BCUT2D eigenvalue weighted by Crippen LogP contribution is -2.43. The average Bonchev–Trinajstić information content (AvgIpc) is 3.19. The molecule has 3 rings (SSSR count). The maximum atomic E-state index is 13.1. The SMILES string of the molecule is CC(=Cc1csc(C)n1)[C@@H]1C[C@@H]2OC[C@H]2CCC[C@H](C)[C@H](O)[C@@H](C)C(=O)C(C)(C)/C=C/C(=O)O1. The number of cyclic esters (lactones) is 1. The average molecular weight is 490 g/mol. The van der Waals surface area contributed by atoms with E-state index in [1.165, 1.54) is 6.08 Å². The second kappa shape index (κ2) is 11.3. The molecule has 188 valence electrons. The molecule has 2 aliphatic heterocycles. The van der Waals surface area contributed by atoms with Crippen molar-refractivity contribution in [2.24, 2.45) is 23.2 Å². The van der Waals surface area contributed by atoms with Gasteiger partial charge >= 0.3 is 5.97 Å². The van der Waals surface area contributed by atoms with E-state index in [9.17, 15) is 14.7 Å². The first-order chi connectivity index (χ1) is 16.0. The van der Waals surface area contributed by atoms with Gasteiger partial charge in [0.2, 0.25) is 0 Å². The van der Waals surface area contributed by atoms with Crippen LogP contribution in [0, 0.1) is 30.1 Å². The Hall–Kier alpha value is -1.83. The molecule has 0 unspecified atom stereocenters. The summed E-state index contributed by atoms with van der Waals surface area (Å²) in [5, 5.41) is 13.8. The summed E-state index contributed by atoms with van der Waals surface area (Å²) in [7, 11) is 0. The van der Waals surface area contributed by atoms with Gasteiger partial charge < -0.3 is 14.6 Å². The van der Waals surface area contributed by atoms with Crippen molar-refractivity contribution in [1.29, 1.82) is 0 Å². The number of hydrogen-bond donors (Lipinski definition) is 1. The number of aryl methyl sites for hydroxylation is 1. The number of allylic oxidation sites excluding steroid dienone is 1. The van der Waals surface area contributed by atoms with Crippen molar-refractivity contribution in [2.75, 3.05) is 6.61 Å². The number of rotatable bonds is 2. The monoisotopic (exact) mass is 489 g/mol. The van der Waals surface area contributed by atoms with E-state index in [4.69, 9.17) is 9.47 Å². The van der Waals surface area contributed by atoms with E-state index < -0.39 is 29.5 Å². The molecular weight excluding hydrogens is 450 g/mol. The summed E-state index contributed by atoms with van der Waals surface area (Å²) in [6.07, 6.45) is 7.21. The maximum absolute atomic E-state index is 13.1. The zero-order valence-corrected chi connectivity index (χ0v) is 22.1. The van der Waals surface area contributed by atoms with Crippen LogP contribution in [0.4, 0.5) is 0 Å². The number of aliphatic hydroxyl groups is 1. The molecule has 0 aromatic carbocycles. The van der Waals surface area contributed by atoms with Crippen LogP contribution in [0.25, 0.3) is 6.08 Å². The maximum Gasteiger partial charge on any atom is 0.331 e. The van der Waals surface area contributed by atoms with E-state index in [0.29, 0.717) is 18.9 Å². The summed E-state index contributed by atoms with van der Waals surface area (Å²) >= 11 is 1.58. The van der Waals surface area contributed by atoms with Crippen LogP contribution in [0.15, 0.2) is 23.1 Å². The zero-order valence-electron chi connectivity index (χ0n) is 21.2. The molecule has 1 aromatic heterocycles. The van der Waals surface area contributed by atoms with E-state index in [-0.39, 0.29) is 17.8 Å². The largest absolute Gasteiger partial charge is 0.455 e. The number of thiazole rings is 1. The molecule has 1 fully saturated rings. The van der Waals surface area contributed by atoms with E-state index in [1.54, 1.807) is 38.2 Å². The third kappa shape index (κ3) is 6.64. The fourth-order valence-electron chi connectivity index (χ4n) is 4.85. The van der Waals surface area contributed by atoms with Gasteiger partial charge in [-0.05, 0) is 58.1 Å². The summed E-state index contributed by atoms with van der Waals surface area (Å²) < 4.78 is 11.8. The molecule has 0 radical (unpaired) electrons. The Morgan fingerprint density at radius 1 is 1.26 bits per heavy atom. The Morgan fingerprint density at radius 2 is 2.00 bits per heavy atom. The molecule has 0 amide bonds. The molecule has 6 atom stereocenters. The Kier molecular flexibility index (Phi) is 8.87. The number of ketones is 1.